The van der Waals surface area contributed by atoms with Gasteiger partial charge in [0.25, 0.3) is 0 Å². The molecule has 1 N–H and O–H groups in total. The maximum absolute atomic E-state index is 13.5. The van der Waals surface area contributed by atoms with Crippen molar-refractivity contribution in [1.29, 1.82) is 0 Å². The SMILES string of the molecule is COc1ccc([C@H](C2CC2)N2CCNCC2)c(C(F)(F)F)c1. The molecule has 3 rings (SSSR count). The van der Waals surface area contributed by atoms with Crippen molar-refractivity contribution in [2.45, 2.75) is 25.1 Å². The Morgan fingerprint density at radius 1 is 1.23 bits per heavy atom. The van der Waals surface area contributed by atoms with Crippen LogP contribution in [0.5, 0.6) is 5.75 Å². The number of rotatable bonds is 4. The van der Waals surface area contributed by atoms with Crippen LogP contribution in [-0.2, 0) is 6.18 Å². The van der Waals surface area contributed by atoms with Gasteiger partial charge in [-0.15, -0.1) is 0 Å². The molecule has 0 radical (unpaired) electrons. The molecular weight excluding hydrogens is 293 g/mol. The fourth-order valence-corrected chi connectivity index (χ4v) is 3.29. The molecule has 1 aliphatic carbocycles. The van der Waals surface area contributed by atoms with Crippen LogP contribution in [0.2, 0.25) is 0 Å². The standard InChI is InChI=1S/C16H21F3N2O/c1-22-12-4-5-13(14(10-12)16(17,18)19)15(11-2-3-11)21-8-6-20-7-9-21/h4-5,10-11,15,20H,2-3,6-9H2,1H3/t15-/m0/s1. The van der Waals surface area contributed by atoms with Gasteiger partial charge in [0.1, 0.15) is 5.75 Å². The third kappa shape index (κ3) is 3.22. The fourth-order valence-electron chi connectivity index (χ4n) is 3.29. The summed E-state index contributed by atoms with van der Waals surface area (Å²) in [5, 5.41) is 3.26. The summed E-state index contributed by atoms with van der Waals surface area (Å²) in [7, 11) is 1.39. The lowest BCUT2D eigenvalue weighted by Gasteiger charge is -2.36. The number of nitrogens with zero attached hydrogens (tertiary/aromatic N) is 1. The summed E-state index contributed by atoms with van der Waals surface area (Å²) in [5.41, 5.74) is -0.153. The first-order valence-corrected chi connectivity index (χ1v) is 7.70. The molecule has 0 bridgehead atoms. The largest absolute Gasteiger partial charge is 0.497 e. The van der Waals surface area contributed by atoms with E-state index in [4.69, 9.17) is 4.74 Å². The molecule has 1 atom stereocenters. The van der Waals surface area contributed by atoms with Crippen LogP contribution in [-0.4, -0.2) is 38.2 Å². The molecule has 2 fully saturated rings. The van der Waals surface area contributed by atoms with Crippen molar-refractivity contribution in [3.63, 3.8) is 0 Å². The van der Waals surface area contributed by atoms with Crippen LogP contribution >= 0.6 is 0 Å². The third-order valence-electron chi connectivity index (χ3n) is 4.50. The smallest absolute Gasteiger partial charge is 0.416 e. The number of piperazine rings is 1. The van der Waals surface area contributed by atoms with Crippen LogP contribution in [0, 0.1) is 5.92 Å². The molecule has 1 heterocycles. The number of halogens is 3. The number of alkyl halides is 3. The van der Waals surface area contributed by atoms with E-state index >= 15 is 0 Å². The molecule has 3 nitrogen and oxygen atoms in total. The van der Waals surface area contributed by atoms with Gasteiger partial charge < -0.3 is 10.1 Å². The Kier molecular flexibility index (Phi) is 4.32. The van der Waals surface area contributed by atoms with Crippen LogP contribution in [0.3, 0.4) is 0 Å². The van der Waals surface area contributed by atoms with Gasteiger partial charge in [0.2, 0.25) is 0 Å². The van der Waals surface area contributed by atoms with Crippen LogP contribution < -0.4 is 10.1 Å². The van der Waals surface area contributed by atoms with Crippen LogP contribution in [0.15, 0.2) is 18.2 Å². The minimum Gasteiger partial charge on any atom is -0.497 e. The van der Waals surface area contributed by atoms with Gasteiger partial charge in [-0.25, -0.2) is 0 Å². The lowest BCUT2D eigenvalue weighted by atomic mass is 9.94. The van der Waals surface area contributed by atoms with Crippen molar-refractivity contribution in [1.82, 2.24) is 10.2 Å². The molecule has 1 saturated carbocycles. The van der Waals surface area contributed by atoms with Crippen LogP contribution in [0.4, 0.5) is 13.2 Å². The second-order valence-corrected chi connectivity index (χ2v) is 6.02. The predicted molar refractivity (Wildman–Crippen MR) is 77.9 cm³/mol. The van der Waals surface area contributed by atoms with Gasteiger partial charge in [-0.3, -0.25) is 4.90 Å². The zero-order valence-electron chi connectivity index (χ0n) is 12.6. The monoisotopic (exact) mass is 314 g/mol. The highest BCUT2D eigenvalue weighted by molar-refractivity contribution is 5.40. The molecule has 1 saturated heterocycles. The Labute approximate surface area is 128 Å². The lowest BCUT2D eigenvalue weighted by Crippen LogP contribution is -2.46. The van der Waals surface area contributed by atoms with Crippen molar-refractivity contribution in [2.75, 3.05) is 33.3 Å². The van der Waals surface area contributed by atoms with Gasteiger partial charge in [-0.05, 0) is 36.5 Å². The molecular formula is C16H21F3N2O. The van der Waals surface area contributed by atoms with E-state index in [1.54, 1.807) is 12.1 Å². The Bertz CT molecular complexity index is 523. The highest BCUT2D eigenvalue weighted by atomic mass is 19.4. The second-order valence-electron chi connectivity index (χ2n) is 6.02. The van der Waals surface area contributed by atoms with Crippen molar-refractivity contribution < 1.29 is 17.9 Å². The quantitative estimate of drug-likeness (QED) is 0.924. The molecule has 2 aliphatic rings. The third-order valence-corrected chi connectivity index (χ3v) is 4.50. The maximum Gasteiger partial charge on any atom is 0.416 e. The molecule has 1 aromatic rings. The van der Waals surface area contributed by atoms with Gasteiger partial charge in [-0.2, -0.15) is 13.2 Å². The number of nitrogens with one attached hydrogen (secondary N) is 1. The van der Waals surface area contributed by atoms with Crippen molar-refractivity contribution in [3.05, 3.63) is 29.3 Å². The number of ether oxygens (including phenoxy) is 1. The minimum atomic E-state index is -4.36. The van der Waals surface area contributed by atoms with Gasteiger partial charge >= 0.3 is 6.18 Å². The van der Waals surface area contributed by atoms with E-state index in [2.05, 4.69) is 10.2 Å². The summed E-state index contributed by atoms with van der Waals surface area (Å²) in [6, 6.07) is 4.24. The minimum absolute atomic E-state index is 0.135. The molecule has 22 heavy (non-hydrogen) atoms. The van der Waals surface area contributed by atoms with Gasteiger partial charge in [0.05, 0.1) is 12.7 Å². The lowest BCUT2D eigenvalue weighted by molar-refractivity contribution is -0.139. The average molecular weight is 314 g/mol. The average Bonchev–Trinajstić information content (AvgIpc) is 3.33. The summed E-state index contributed by atoms with van der Waals surface area (Å²) >= 11 is 0. The molecule has 0 amide bonds. The Morgan fingerprint density at radius 2 is 1.91 bits per heavy atom. The van der Waals surface area contributed by atoms with Gasteiger partial charge in [0.15, 0.2) is 0 Å². The van der Waals surface area contributed by atoms with E-state index in [0.717, 1.165) is 45.1 Å². The highest BCUT2D eigenvalue weighted by Gasteiger charge is 2.42. The first kappa shape index (κ1) is 15.6. The molecule has 0 spiro atoms. The Morgan fingerprint density at radius 3 is 2.45 bits per heavy atom. The zero-order chi connectivity index (χ0) is 15.7. The Hall–Kier alpha value is -1.27. The van der Waals surface area contributed by atoms with E-state index in [0.29, 0.717) is 11.5 Å². The van der Waals surface area contributed by atoms with E-state index in [-0.39, 0.29) is 11.8 Å². The second kappa shape index (κ2) is 6.08. The predicted octanol–water partition coefficient (Wildman–Crippen LogP) is 3.07. The van der Waals surface area contributed by atoms with E-state index < -0.39 is 11.7 Å². The molecule has 0 aromatic heterocycles. The topological polar surface area (TPSA) is 24.5 Å². The zero-order valence-corrected chi connectivity index (χ0v) is 12.6. The fraction of sp³-hybridized carbons (Fsp3) is 0.625. The first-order chi connectivity index (χ1) is 10.5. The van der Waals surface area contributed by atoms with Crippen molar-refractivity contribution >= 4 is 0 Å². The highest BCUT2D eigenvalue weighted by Crippen LogP contribution is 2.48. The van der Waals surface area contributed by atoms with Crippen LogP contribution in [0.1, 0.15) is 30.0 Å². The normalized spacial score (nSPS) is 21.6. The van der Waals surface area contributed by atoms with Gasteiger partial charge in [-0.1, -0.05) is 6.07 Å². The van der Waals surface area contributed by atoms with Crippen LogP contribution in [0.25, 0.3) is 0 Å². The number of methoxy groups -OCH3 is 1. The van der Waals surface area contributed by atoms with Gasteiger partial charge in [0, 0.05) is 32.2 Å². The van der Waals surface area contributed by atoms with Crippen molar-refractivity contribution in [2.24, 2.45) is 5.92 Å². The summed E-state index contributed by atoms with van der Waals surface area (Å²) in [6.45, 7) is 3.26. The number of hydrogen-bond acceptors (Lipinski definition) is 3. The van der Waals surface area contributed by atoms with E-state index in [1.165, 1.54) is 7.11 Å². The maximum atomic E-state index is 13.5. The number of benzene rings is 1. The molecule has 122 valence electrons. The summed E-state index contributed by atoms with van der Waals surface area (Å²) in [4.78, 5) is 2.20. The number of hydrogen-bond donors (Lipinski definition) is 1. The molecule has 1 aromatic carbocycles. The van der Waals surface area contributed by atoms with E-state index in [9.17, 15) is 13.2 Å². The summed E-state index contributed by atoms with van der Waals surface area (Å²) in [6.07, 6.45) is -2.33. The van der Waals surface area contributed by atoms with Crippen molar-refractivity contribution in [3.8, 4) is 5.75 Å². The molecule has 0 unspecified atom stereocenters. The summed E-state index contributed by atoms with van der Waals surface area (Å²) < 4.78 is 45.5. The van der Waals surface area contributed by atoms with E-state index in [1.807, 2.05) is 0 Å². The summed E-state index contributed by atoms with van der Waals surface area (Å²) in [5.74, 6) is 0.596. The molecule has 6 heteroatoms. The first-order valence-electron chi connectivity index (χ1n) is 7.70. The molecule has 1 aliphatic heterocycles. The Balaban J connectivity index is 1.99.